The first-order chi connectivity index (χ1) is 11.2. The second kappa shape index (κ2) is 5.83. The number of benzene rings is 2. The number of nitrogens with zero attached hydrogens (tertiary/aromatic N) is 3. The standard InChI is InChI=1S/C17H12N4O2/c18-9-11-5-7-12(8-6-11)17(23)21-14-4-2-1-3-13(14)16(20-21)15(22)10-19/h1-8H,10,19H2. The lowest BCUT2D eigenvalue weighted by atomic mass is 10.1. The molecule has 0 fully saturated rings. The van der Waals surface area contributed by atoms with Crippen LogP contribution in [0.2, 0.25) is 0 Å². The van der Waals surface area contributed by atoms with Crippen molar-refractivity contribution in [3.05, 3.63) is 65.4 Å². The van der Waals surface area contributed by atoms with E-state index in [1.165, 1.54) is 4.68 Å². The van der Waals surface area contributed by atoms with Gasteiger partial charge in [0.15, 0.2) is 5.78 Å². The minimum absolute atomic E-state index is 0.175. The van der Waals surface area contributed by atoms with E-state index in [1.54, 1.807) is 48.5 Å². The van der Waals surface area contributed by atoms with E-state index in [4.69, 9.17) is 11.0 Å². The summed E-state index contributed by atoms with van der Waals surface area (Å²) in [5.41, 5.74) is 6.98. The number of para-hydroxylation sites is 1. The van der Waals surface area contributed by atoms with Crippen molar-refractivity contribution in [3.63, 3.8) is 0 Å². The molecule has 6 nitrogen and oxygen atoms in total. The Kier molecular flexibility index (Phi) is 3.71. The van der Waals surface area contributed by atoms with Crippen LogP contribution in [0.25, 0.3) is 10.9 Å². The number of rotatable bonds is 3. The van der Waals surface area contributed by atoms with Crippen LogP contribution < -0.4 is 5.73 Å². The summed E-state index contributed by atoms with van der Waals surface area (Å²) in [5, 5.41) is 13.6. The summed E-state index contributed by atoms with van der Waals surface area (Å²) in [6.07, 6.45) is 0. The van der Waals surface area contributed by atoms with Gasteiger partial charge >= 0.3 is 0 Å². The summed E-state index contributed by atoms with van der Waals surface area (Å²) >= 11 is 0. The van der Waals surface area contributed by atoms with Crippen LogP contribution in [-0.2, 0) is 0 Å². The van der Waals surface area contributed by atoms with E-state index in [0.717, 1.165) is 0 Å². The maximum atomic E-state index is 12.7. The lowest BCUT2D eigenvalue weighted by molar-refractivity contribution is 0.0948. The largest absolute Gasteiger partial charge is 0.324 e. The van der Waals surface area contributed by atoms with E-state index in [-0.39, 0.29) is 23.9 Å². The first kappa shape index (κ1) is 14.6. The molecule has 0 amide bonds. The SMILES string of the molecule is N#Cc1ccc(C(=O)n2nc(C(=O)CN)c3ccccc32)cc1. The molecule has 2 N–H and O–H groups in total. The number of carbonyl (C=O) groups is 2. The molecule has 3 rings (SSSR count). The normalized spacial score (nSPS) is 10.4. The van der Waals surface area contributed by atoms with Crippen LogP contribution in [0.1, 0.15) is 26.4 Å². The van der Waals surface area contributed by atoms with Crippen molar-refractivity contribution in [2.45, 2.75) is 0 Å². The number of ketones is 1. The second-order valence-corrected chi connectivity index (χ2v) is 4.90. The number of hydrogen-bond donors (Lipinski definition) is 1. The first-order valence-electron chi connectivity index (χ1n) is 6.91. The predicted molar refractivity (Wildman–Crippen MR) is 84.0 cm³/mol. The van der Waals surface area contributed by atoms with E-state index >= 15 is 0 Å². The number of Topliss-reactive ketones (excluding diaryl/α,β-unsaturated/α-hetero) is 1. The molecule has 0 bridgehead atoms. The molecule has 1 heterocycles. The Balaban J connectivity index is 2.13. The lowest BCUT2D eigenvalue weighted by Gasteiger charge is -2.02. The fraction of sp³-hybridized carbons (Fsp3) is 0.0588. The molecule has 0 saturated heterocycles. The molecule has 0 aliphatic heterocycles. The number of hydrogen-bond acceptors (Lipinski definition) is 5. The minimum Gasteiger partial charge on any atom is -0.324 e. The minimum atomic E-state index is -0.373. The molecule has 0 aliphatic carbocycles. The van der Waals surface area contributed by atoms with Gasteiger partial charge in [0.05, 0.1) is 23.7 Å². The van der Waals surface area contributed by atoms with Crippen LogP contribution in [0.4, 0.5) is 0 Å². The predicted octanol–water partition coefficient (Wildman–Crippen LogP) is 1.74. The zero-order chi connectivity index (χ0) is 16.4. The van der Waals surface area contributed by atoms with E-state index in [9.17, 15) is 9.59 Å². The Hall–Kier alpha value is -3.30. The number of carbonyl (C=O) groups excluding carboxylic acids is 2. The maximum Gasteiger partial charge on any atom is 0.278 e. The summed E-state index contributed by atoms with van der Waals surface area (Å²) in [5.74, 6) is -0.700. The molecule has 0 radical (unpaired) electrons. The van der Waals surface area contributed by atoms with Crippen molar-refractivity contribution in [1.82, 2.24) is 9.78 Å². The molecular weight excluding hydrogens is 292 g/mol. The van der Waals surface area contributed by atoms with Crippen LogP contribution >= 0.6 is 0 Å². The smallest absolute Gasteiger partial charge is 0.278 e. The van der Waals surface area contributed by atoms with E-state index in [2.05, 4.69) is 5.10 Å². The molecule has 0 unspecified atom stereocenters. The average molecular weight is 304 g/mol. The van der Waals surface area contributed by atoms with Gasteiger partial charge in [0.2, 0.25) is 0 Å². The molecule has 0 atom stereocenters. The van der Waals surface area contributed by atoms with E-state index in [0.29, 0.717) is 22.0 Å². The van der Waals surface area contributed by atoms with Gasteiger partial charge in [-0.25, -0.2) is 0 Å². The average Bonchev–Trinajstić information content (AvgIpc) is 3.00. The zero-order valence-corrected chi connectivity index (χ0v) is 12.1. The fourth-order valence-electron chi connectivity index (χ4n) is 2.33. The molecule has 2 aromatic carbocycles. The third-order valence-corrected chi connectivity index (χ3v) is 3.49. The van der Waals surface area contributed by atoms with Gasteiger partial charge in [0.1, 0.15) is 5.69 Å². The molecule has 112 valence electrons. The molecule has 0 aliphatic rings. The van der Waals surface area contributed by atoms with Gasteiger partial charge in [-0.1, -0.05) is 18.2 Å². The lowest BCUT2D eigenvalue weighted by Crippen LogP contribution is -2.17. The van der Waals surface area contributed by atoms with Crippen LogP contribution in [0.5, 0.6) is 0 Å². The quantitative estimate of drug-likeness (QED) is 0.742. The summed E-state index contributed by atoms with van der Waals surface area (Å²) in [7, 11) is 0. The Morgan fingerprint density at radius 2 is 1.83 bits per heavy atom. The number of nitriles is 1. The molecule has 0 spiro atoms. The monoisotopic (exact) mass is 304 g/mol. The molecular formula is C17H12N4O2. The van der Waals surface area contributed by atoms with Gasteiger partial charge in [0, 0.05) is 10.9 Å². The molecule has 1 aromatic heterocycles. The molecule has 23 heavy (non-hydrogen) atoms. The number of fused-ring (bicyclic) bond motifs is 1. The third-order valence-electron chi connectivity index (χ3n) is 3.49. The highest BCUT2D eigenvalue weighted by Crippen LogP contribution is 2.20. The Labute approximate surface area is 131 Å². The zero-order valence-electron chi connectivity index (χ0n) is 12.1. The highest BCUT2D eigenvalue weighted by molar-refractivity contribution is 6.10. The summed E-state index contributed by atoms with van der Waals surface area (Å²) in [6.45, 7) is -0.175. The number of aromatic nitrogens is 2. The maximum absolute atomic E-state index is 12.7. The molecule has 3 aromatic rings. The summed E-state index contributed by atoms with van der Waals surface area (Å²) < 4.78 is 1.19. The van der Waals surface area contributed by atoms with E-state index < -0.39 is 0 Å². The fourth-order valence-corrected chi connectivity index (χ4v) is 2.33. The van der Waals surface area contributed by atoms with Gasteiger partial charge in [-0.2, -0.15) is 15.0 Å². The van der Waals surface area contributed by atoms with Gasteiger partial charge in [0.25, 0.3) is 5.91 Å². The highest BCUT2D eigenvalue weighted by Gasteiger charge is 2.20. The van der Waals surface area contributed by atoms with Crippen molar-refractivity contribution in [1.29, 1.82) is 5.26 Å². The van der Waals surface area contributed by atoms with Crippen molar-refractivity contribution < 1.29 is 9.59 Å². The van der Waals surface area contributed by atoms with Crippen LogP contribution in [0.3, 0.4) is 0 Å². The Bertz CT molecular complexity index is 949. The van der Waals surface area contributed by atoms with Crippen molar-refractivity contribution in [3.8, 4) is 6.07 Å². The van der Waals surface area contributed by atoms with Gasteiger partial charge < -0.3 is 5.73 Å². The summed E-state index contributed by atoms with van der Waals surface area (Å²) in [4.78, 5) is 24.6. The topological polar surface area (TPSA) is 102 Å². The third kappa shape index (κ3) is 2.50. The molecule has 6 heteroatoms. The van der Waals surface area contributed by atoms with Gasteiger partial charge in [-0.05, 0) is 30.3 Å². The van der Waals surface area contributed by atoms with E-state index in [1.807, 2.05) is 6.07 Å². The van der Waals surface area contributed by atoms with Crippen molar-refractivity contribution >= 4 is 22.6 Å². The number of nitrogens with two attached hydrogens (primary N) is 1. The Morgan fingerprint density at radius 1 is 1.13 bits per heavy atom. The van der Waals surface area contributed by atoms with Crippen LogP contribution in [0.15, 0.2) is 48.5 Å². The summed E-state index contributed by atoms with van der Waals surface area (Å²) in [6, 6.07) is 15.2. The highest BCUT2D eigenvalue weighted by atomic mass is 16.2. The van der Waals surface area contributed by atoms with Crippen LogP contribution in [0, 0.1) is 11.3 Å². The van der Waals surface area contributed by atoms with Crippen LogP contribution in [-0.4, -0.2) is 28.0 Å². The Morgan fingerprint density at radius 3 is 2.48 bits per heavy atom. The van der Waals surface area contributed by atoms with Gasteiger partial charge in [-0.15, -0.1) is 0 Å². The first-order valence-corrected chi connectivity index (χ1v) is 6.91. The molecule has 0 saturated carbocycles. The van der Waals surface area contributed by atoms with Crippen molar-refractivity contribution in [2.75, 3.05) is 6.54 Å². The second-order valence-electron chi connectivity index (χ2n) is 4.90. The van der Waals surface area contributed by atoms with Gasteiger partial charge in [-0.3, -0.25) is 9.59 Å². The van der Waals surface area contributed by atoms with Crippen molar-refractivity contribution in [2.24, 2.45) is 5.73 Å².